The highest BCUT2D eigenvalue weighted by Gasteiger charge is 2.13. The van der Waals surface area contributed by atoms with Crippen LogP contribution in [0.3, 0.4) is 0 Å². The molecule has 6 nitrogen and oxygen atoms in total. The van der Waals surface area contributed by atoms with Gasteiger partial charge in [-0.25, -0.2) is 0 Å². The number of hydrogen-bond acceptors (Lipinski definition) is 5. The molecule has 7 heteroatoms. The number of anilines is 1. The summed E-state index contributed by atoms with van der Waals surface area (Å²) in [6, 6.07) is 10.4. The van der Waals surface area contributed by atoms with E-state index in [-0.39, 0.29) is 18.1 Å². The highest BCUT2D eigenvalue weighted by atomic mass is 35.5. The summed E-state index contributed by atoms with van der Waals surface area (Å²) in [5.74, 6) is 0. The number of halogens is 1. The largest absolute Gasteiger partial charge is 0.294 e. The average Bonchev–Trinajstić information content (AvgIpc) is 2.46. The molecule has 2 rings (SSSR count). The molecule has 21 heavy (non-hydrogen) atoms. The zero-order valence-electron chi connectivity index (χ0n) is 11.6. The highest BCUT2D eigenvalue weighted by Crippen LogP contribution is 2.25. The van der Waals surface area contributed by atoms with Gasteiger partial charge in [0, 0.05) is 12.3 Å². The number of aryl methyl sites for hydroxylation is 1. The number of hydrazone groups is 1. The van der Waals surface area contributed by atoms with Crippen molar-refractivity contribution in [3.8, 4) is 0 Å². The first-order valence-electron chi connectivity index (χ1n) is 6.04. The fourth-order valence-corrected chi connectivity index (χ4v) is 1.67. The number of nitro benzene ring substituents is 1. The van der Waals surface area contributed by atoms with Crippen molar-refractivity contribution in [3.05, 3.63) is 64.0 Å². The molecule has 0 saturated heterocycles. The number of aromatic nitrogens is 1. The number of nitro groups is 1. The van der Waals surface area contributed by atoms with Gasteiger partial charge in [0.1, 0.15) is 5.69 Å². The third kappa shape index (κ3) is 4.25. The predicted octanol–water partition coefficient (Wildman–Crippen LogP) is 3.56. The van der Waals surface area contributed by atoms with E-state index in [1.165, 1.54) is 6.07 Å². The summed E-state index contributed by atoms with van der Waals surface area (Å²) in [6.45, 7) is 3.59. The molecule has 2 aromatic rings. The topological polar surface area (TPSA) is 80.4 Å². The van der Waals surface area contributed by atoms with E-state index < -0.39 is 4.92 Å². The molecule has 0 unspecified atom stereocenters. The molecule has 1 aromatic heterocycles. The summed E-state index contributed by atoms with van der Waals surface area (Å²) in [7, 11) is 0. The Morgan fingerprint density at radius 1 is 1.33 bits per heavy atom. The van der Waals surface area contributed by atoms with Crippen molar-refractivity contribution in [2.75, 3.05) is 5.43 Å². The van der Waals surface area contributed by atoms with Crippen molar-refractivity contribution in [1.82, 2.24) is 4.98 Å². The van der Waals surface area contributed by atoms with Gasteiger partial charge in [0.25, 0.3) is 5.69 Å². The van der Waals surface area contributed by atoms with E-state index in [0.717, 1.165) is 11.3 Å². The molecule has 110 valence electrons. The van der Waals surface area contributed by atoms with Gasteiger partial charge in [0.2, 0.25) is 0 Å². The van der Waals surface area contributed by atoms with Crippen LogP contribution in [-0.2, 0) is 0 Å². The Balaban J connectivity index is 0.00000220. The Morgan fingerprint density at radius 2 is 2.10 bits per heavy atom. The van der Waals surface area contributed by atoms with E-state index in [1.807, 2.05) is 18.2 Å². The van der Waals surface area contributed by atoms with Gasteiger partial charge in [0.05, 0.1) is 16.3 Å². The molecule has 1 N–H and O–H groups in total. The van der Waals surface area contributed by atoms with Gasteiger partial charge >= 0.3 is 0 Å². The number of nitrogens with one attached hydrogen (secondary N) is 1. The van der Waals surface area contributed by atoms with Crippen LogP contribution >= 0.6 is 12.4 Å². The van der Waals surface area contributed by atoms with Crippen LogP contribution in [0.15, 0.2) is 47.7 Å². The van der Waals surface area contributed by atoms with Crippen LogP contribution in [0, 0.1) is 17.0 Å². The maximum atomic E-state index is 11.0. The van der Waals surface area contributed by atoms with Crippen molar-refractivity contribution in [2.24, 2.45) is 5.10 Å². The van der Waals surface area contributed by atoms with Gasteiger partial charge in [-0.3, -0.25) is 20.5 Å². The smallest absolute Gasteiger partial charge is 0.271 e. The second kappa shape index (κ2) is 7.35. The molecule has 0 aliphatic rings. The second-order valence-corrected chi connectivity index (χ2v) is 4.30. The Labute approximate surface area is 128 Å². The lowest BCUT2D eigenvalue weighted by Gasteiger charge is -2.04. The molecule has 0 spiro atoms. The minimum Gasteiger partial charge on any atom is -0.271 e. The number of rotatable bonds is 4. The molecule has 0 bridgehead atoms. The van der Waals surface area contributed by atoms with E-state index in [2.05, 4.69) is 15.5 Å². The SMILES string of the molecule is CC(=NNc1ccc(C)cc1[N+](=O)[O-])c1ccccn1.Cl. The monoisotopic (exact) mass is 306 g/mol. The molecule has 0 aliphatic heterocycles. The van der Waals surface area contributed by atoms with E-state index in [4.69, 9.17) is 0 Å². The van der Waals surface area contributed by atoms with Crippen molar-refractivity contribution >= 4 is 29.5 Å². The van der Waals surface area contributed by atoms with E-state index >= 15 is 0 Å². The lowest BCUT2D eigenvalue weighted by atomic mass is 10.2. The second-order valence-electron chi connectivity index (χ2n) is 4.30. The summed E-state index contributed by atoms with van der Waals surface area (Å²) >= 11 is 0. The minimum atomic E-state index is -0.430. The number of hydrogen-bond donors (Lipinski definition) is 1. The van der Waals surface area contributed by atoms with Crippen LogP contribution in [0.2, 0.25) is 0 Å². The summed E-state index contributed by atoms with van der Waals surface area (Å²) in [6.07, 6.45) is 1.67. The first-order chi connectivity index (χ1) is 9.58. The summed E-state index contributed by atoms with van der Waals surface area (Å²) in [4.78, 5) is 14.7. The van der Waals surface area contributed by atoms with E-state index in [9.17, 15) is 10.1 Å². The predicted molar refractivity (Wildman–Crippen MR) is 85.2 cm³/mol. The first-order valence-corrected chi connectivity index (χ1v) is 6.04. The molecule has 0 radical (unpaired) electrons. The maximum absolute atomic E-state index is 11.0. The molecule has 0 fully saturated rings. The lowest BCUT2D eigenvalue weighted by Crippen LogP contribution is -2.03. The first kappa shape index (κ1) is 16.6. The molecule has 1 heterocycles. The van der Waals surface area contributed by atoms with Crippen LogP contribution in [0.5, 0.6) is 0 Å². The van der Waals surface area contributed by atoms with Crippen molar-refractivity contribution in [1.29, 1.82) is 0 Å². The van der Waals surface area contributed by atoms with Crippen LogP contribution in [-0.4, -0.2) is 15.6 Å². The summed E-state index contributed by atoms with van der Waals surface area (Å²) < 4.78 is 0. The highest BCUT2D eigenvalue weighted by molar-refractivity contribution is 5.97. The standard InChI is InChI=1S/C14H14N4O2.ClH/c1-10-6-7-13(14(9-10)18(19)20)17-16-11(2)12-5-3-4-8-15-12;/h3-9,17H,1-2H3;1H. The Morgan fingerprint density at radius 3 is 2.71 bits per heavy atom. The third-order valence-electron chi connectivity index (χ3n) is 2.73. The van der Waals surface area contributed by atoms with Crippen molar-refractivity contribution in [2.45, 2.75) is 13.8 Å². The molecule has 0 saturated carbocycles. The van der Waals surface area contributed by atoms with Gasteiger partial charge in [-0.15, -0.1) is 12.4 Å². The third-order valence-corrected chi connectivity index (χ3v) is 2.73. The molecular weight excluding hydrogens is 292 g/mol. The van der Waals surface area contributed by atoms with Crippen molar-refractivity contribution < 1.29 is 4.92 Å². The van der Waals surface area contributed by atoms with E-state index in [1.54, 1.807) is 32.2 Å². The van der Waals surface area contributed by atoms with Gasteiger partial charge in [-0.1, -0.05) is 12.1 Å². The number of pyridine rings is 1. The van der Waals surface area contributed by atoms with Crippen LogP contribution < -0.4 is 5.43 Å². The minimum absolute atomic E-state index is 0. The normalized spacial score (nSPS) is 10.7. The fourth-order valence-electron chi connectivity index (χ4n) is 1.67. The molecular formula is C14H15ClN4O2. The molecule has 0 aliphatic carbocycles. The fraction of sp³-hybridized carbons (Fsp3) is 0.143. The van der Waals surface area contributed by atoms with Crippen LogP contribution in [0.25, 0.3) is 0 Å². The number of nitrogens with zero attached hydrogens (tertiary/aromatic N) is 3. The molecule has 0 amide bonds. The zero-order chi connectivity index (χ0) is 14.5. The van der Waals surface area contributed by atoms with Gasteiger partial charge in [0.15, 0.2) is 0 Å². The Hall–Kier alpha value is -2.47. The molecule has 0 atom stereocenters. The number of benzene rings is 1. The maximum Gasteiger partial charge on any atom is 0.294 e. The van der Waals surface area contributed by atoms with Gasteiger partial charge in [-0.05, 0) is 37.6 Å². The average molecular weight is 307 g/mol. The van der Waals surface area contributed by atoms with Crippen LogP contribution in [0.1, 0.15) is 18.2 Å². The summed E-state index contributed by atoms with van der Waals surface area (Å²) in [5.41, 5.74) is 5.28. The summed E-state index contributed by atoms with van der Waals surface area (Å²) in [5, 5.41) is 15.1. The Kier molecular flexibility index (Phi) is 5.80. The quantitative estimate of drug-likeness (QED) is 0.532. The van der Waals surface area contributed by atoms with Crippen LogP contribution in [0.4, 0.5) is 11.4 Å². The lowest BCUT2D eigenvalue weighted by molar-refractivity contribution is -0.384. The zero-order valence-corrected chi connectivity index (χ0v) is 12.4. The van der Waals surface area contributed by atoms with Gasteiger partial charge < -0.3 is 0 Å². The van der Waals surface area contributed by atoms with E-state index in [0.29, 0.717) is 11.4 Å². The molecule has 1 aromatic carbocycles. The van der Waals surface area contributed by atoms with Crippen molar-refractivity contribution in [3.63, 3.8) is 0 Å². The Bertz CT molecular complexity index is 659. The van der Waals surface area contributed by atoms with Gasteiger partial charge in [-0.2, -0.15) is 5.10 Å².